The first-order chi connectivity index (χ1) is 12.4. The minimum atomic E-state index is -0.382. The van der Waals surface area contributed by atoms with Crippen molar-refractivity contribution >= 4 is 11.6 Å². The summed E-state index contributed by atoms with van der Waals surface area (Å²) < 4.78 is 16.4. The Hall–Kier alpha value is -2.76. The molecule has 0 spiro atoms. The molecule has 1 amide bonds. The van der Waals surface area contributed by atoms with Crippen LogP contribution >= 0.6 is 0 Å². The molecule has 0 unspecified atom stereocenters. The number of nitrogens with one attached hydrogen (secondary N) is 1. The Morgan fingerprint density at radius 1 is 1.27 bits per heavy atom. The second-order valence-electron chi connectivity index (χ2n) is 7.23. The quantitative estimate of drug-likeness (QED) is 0.776. The van der Waals surface area contributed by atoms with Gasteiger partial charge in [0.05, 0.1) is 0 Å². The van der Waals surface area contributed by atoms with Crippen LogP contribution in [0.2, 0.25) is 0 Å². The van der Waals surface area contributed by atoms with E-state index in [-0.39, 0.29) is 23.7 Å². The minimum Gasteiger partial charge on any atom is -0.349 e. The van der Waals surface area contributed by atoms with Gasteiger partial charge in [0.25, 0.3) is 5.91 Å². The fourth-order valence-electron chi connectivity index (χ4n) is 3.08. The summed E-state index contributed by atoms with van der Waals surface area (Å²) >= 11 is 0. The van der Waals surface area contributed by atoms with Crippen LogP contribution < -0.4 is 5.32 Å². The van der Waals surface area contributed by atoms with E-state index in [0.29, 0.717) is 22.3 Å². The topological polar surface area (TPSA) is 59.3 Å². The molecule has 6 heteroatoms. The van der Waals surface area contributed by atoms with Gasteiger partial charge in [0.15, 0.2) is 5.65 Å². The van der Waals surface area contributed by atoms with E-state index >= 15 is 0 Å². The van der Waals surface area contributed by atoms with Gasteiger partial charge in [-0.3, -0.25) is 9.20 Å². The molecule has 1 aliphatic rings. The number of aromatic nitrogens is 3. The molecule has 1 saturated carbocycles. The number of fused-ring (bicyclic) bond motifs is 1. The molecule has 0 saturated heterocycles. The Bertz CT molecular complexity index is 1000. The monoisotopic (exact) mass is 352 g/mol. The Morgan fingerprint density at radius 3 is 2.73 bits per heavy atom. The molecule has 1 fully saturated rings. The Labute approximate surface area is 151 Å². The zero-order valence-corrected chi connectivity index (χ0v) is 15.1. The second-order valence-corrected chi connectivity index (χ2v) is 7.23. The average molecular weight is 352 g/mol. The van der Waals surface area contributed by atoms with Gasteiger partial charge < -0.3 is 5.32 Å². The van der Waals surface area contributed by atoms with Crippen LogP contribution in [0.25, 0.3) is 16.8 Å². The minimum absolute atomic E-state index is 0.224. The zero-order chi connectivity index (χ0) is 18.4. The van der Waals surface area contributed by atoms with Crippen LogP contribution in [0, 0.1) is 12.7 Å². The van der Waals surface area contributed by atoms with Gasteiger partial charge in [-0.15, -0.1) is 10.2 Å². The Kier molecular flexibility index (Phi) is 3.98. The van der Waals surface area contributed by atoms with Gasteiger partial charge in [-0.05, 0) is 60.7 Å². The van der Waals surface area contributed by atoms with Crippen LogP contribution in [-0.4, -0.2) is 26.5 Å². The lowest BCUT2D eigenvalue weighted by molar-refractivity contribution is 0.0950. The number of pyridine rings is 1. The predicted molar refractivity (Wildman–Crippen MR) is 97.7 cm³/mol. The maximum Gasteiger partial charge on any atom is 0.251 e. The predicted octanol–water partition coefficient (Wildman–Crippen LogP) is 3.86. The molecule has 0 atom stereocenters. The number of hydrogen-bond donors (Lipinski definition) is 1. The first-order valence-corrected chi connectivity index (χ1v) is 8.90. The summed E-state index contributed by atoms with van der Waals surface area (Å²) in [5.41, 5.74) is 3.08. The van der Waals surface area contributed by atoms with Gasteiger partial charge in [0.1, 0.15) is 11.6 Å². The van der Waals surface area contributed by atoms with Crippen molar-refractivity contribution in [3.8, 4) is 11.1 Å². The van der Waals surface area contributed by atoms with Crippen LogP contribution in [0.4, 0.5) is 4.39 Å². The number of hydrogen-bond acceptors (Lipinski definition) is 3. The van der Waals surface area contributed by atoms with E-state index in [2.05, 4.69) is 29.4 Å². The summed E-state index contributed by atoms with van der Waals surface area (Å²) in [5.74, 6) is 0.530. The standard InChI is InChI=1S/C20H21FN4O/c1-11(2)19-24-23-18-10-13(6-7-25(18)19)16-8-14(9-17(21)12(16)3)20(26)22-15-4-5-15/h6-11,15H,4-5H2,1-3H3,(H,22,26). The molecule has 0 radical (unpaired) electrons. The molecule has 1 aromatic carbocycles. The third kappa shape index (κ3) is 2.96. The molecular formula is C20H21FN4O. The molecule has 134 valence electrons. The molecule has 0 bridgehead atoms. The van der Waals surface area contributed by atoms with Gasteiger partial charge in [-0.2, -0.15) is 0 Å². The number of amides is 1. The fourth-order valence-corrected chi connectivity index (χ4v) is 3.08. The number of rotatable bonds is 4. The summed E-state index contributed by atoms with van der Waals surface area (Å²) in [5, 5.41) is 11.4. The molecular weight excluding hydrogens is 331 g/mol. The van der Waals surface area contributed by atoms with E-state index in [4.69, 9.17) is 0 Å². The van der Waals surface area contributed by atoms with Crippen molar-refractivity contribution in [2.45, 2.75) is 45.6 Å². The van der Waals surface area contributed by atoms with Gasteiger partial charge >= 0.3 is 0 Å². The normalized spacial score (nSPS) is 14.2. The van der Waals surface area contributed by atoms with Crippen LogP contribution in [0.15, 0.2) is 30.5 Å². The molecule has 5 nitrogen and oxygen atoms in total. The van der Waals surface area contributed by atoms with Crippen LogP contribution in [0.5, 0.6) is 0 Å². The summed E-state index contributed by atoms with van der Waals surface area (Å²) in [4.78, 5) is 12.3. The number of benzene rings is 1. The Balaban J connectivity index is 1.77. The highest BCUT2D eigenvalue weighted by Crippen LogP contribution is 2.29. The van der Waals surface area contributed by atoms with Gasteiger partial charge in [0, 0.05) is 23.7 Å². The average Bonchev–Trinajstić information content (AvgIpc) is 3.31. The van der Waals surface area contributed by atoms with Crippen LogP contribution in [0.3, 0.4) is 0 Å². The van der Waals surface area contributed by atoms with Gasteiger partial charge in [-0.25, -0.2) is 4.39 Å². The molecule has 2 heterocycles. The molecule has 1 aliphatic carbocycles. The van der Waals surface area contributed by atoms with E-state index < -0.39 is 0 Å². The van der Waals surface area contributed by atoms with Crippen molar-refractivity contribution in [3.63, 3.8) is 0 Å². The highest BCUT2D eigenvalue weighted by Gasteiger charge is 2.24. The third-order valence-electron chi connectivity index (χ3n) is 4.78. The molecule has 3 aromatic rings. The summed E-state index contributed by atoms with van der Waals surface area (Å²) in [6.07, 6.45) is 3.89. The molecule has 4 rings (SSSR count). The summed E-state index contributed by atoms with van der Waals surface area (Å²) in [6, 6.07) is 7.08. The number of halogens is 1. The highest BCUT2D eigenvalue weighted by atomic mass is 19.1. The van der Waals surface area contributed by atoms with E-state index in [1.807, 2.05) is 22.7 Å². The largest absolute Gasteiger partial charge is 0.349 e. The van der Waals surface area contributed by atoms with Crippen LogP contribution in [-0.2, 0) is 0 Å². The van der Waals surface area contributed by atoms with Gasteiger partial charge in [-0.1, -0.05) is 13.8 Å². The molecule has 0 aliphatic heterocycles. The third-order valence-corrected chi connectivity index (χ3v) is 4.78. The summed E-state index contributed by atoms with van der Waals surface area (Å²) in [6.45, 7) is 5.85. The molecule has 26 heavy (non-hydrogen) atoms. The first-order valence-electron chi connectivity index (χ1n) is 8.90. The van der Waals surface area contributed by atoms with E-state index in [1.54, 1.807) is 13.0 Å². The fraction of sp³-hybridized carbons (Fsp3) is 0.350. The van der Waals surface area contributed by atoms with Crippen molar-refractivity contribution in [2.75, 3.05) is 0 Å². The maximum atomic E-state index is 14.4. The van der Waals surface area contributed by atoms with Gasteiger partial charge in [0.2, 0.25) is 0 Å². The first kappa shape index (κ1) is 16.7. The van der Waals surface area contributed by atoms with Crippen molar-refractivity contribution in [1.82, 2.24) is 19.9 Å². The maximum absolute atomic E-state index is 14.4. The number of carbonyl (C=O) groups is 1. The lowest BCUT2D eigenvalue weighted by Gasteiger charge is -2.11. The van der Waals surface area contributed by atoms with Crippen molar-refractivity contribution in [1.29, 1.82) is 0 Å². The lowest BCUT2D eigenvalue weighted by atomic mass is 9.98. The van der Waals surface area contributed by atoms with E-state index in [1.165, 1.54) is 6.07 Å². The highest BCUT2D eigenvalue weighted by molar-refractivity contribution is 5.96. The van der Waals surface area contributed by atoms with Crippen molar-refractivity contribution in [2.24, 2.45) is 0 Å². The van der Waals surface area contributed by atoms with Crippen molar-refractivity contribution in [3.05, 3.63) is 53.2 Å². The zero-order valence-electron chi connectivity index (χ0n) is 15.1. The van der Waals surface area contributed by atoms with E-state index in [0.717, 1.165) is 24.2 Å². The Morgan fingerprint density at radius 2 is 2.04 bits per heavy atom. The van der Waals surface area contributed by atoms with Crippen molar-refractivity contribution < 1.29 is 9.18 Å². The second kappa shape index (κ2) is 6.20. The summed E-state index contributed by atoms with van der Waals surface area (Å²) in [7, 11) is 0. The van der Waals surface area contributed by atoms with E-state index in [9.17, 15) is 9.18 Å². The number of nitrogens with zero attached hydrogens (tertiary/aromatic N) is 3. The smallest absolute Gasteiger partial charge is 0.251 e. The molecule has 1 N–H and O–H groups in total. The lowest BCUT2D eigenvalue weighted by Crippen LogP contribution is -2.25. The molecule has 2 aromatic heterocycles. The SMILES string of the molecule is Cc1c(F)cc(C(=O)NC2CC2)cc1-c1ccn2c(C(C)C)nnc2c1. The number of carbonyl (C=O) groups excluding carboxylic acids is 1. The van der Waals surface area contributed by atoms with Crippen LogP contribution in [0.1, 0.15) is 54.4 Å².